The maximum Gasteiger partial charge on any atom is 0.435 e. The maximum absolute atomic E-state index is 12.2. The van der Waals surface area contributed by atoms with Gasteiger partial charge in [0.2, 0.25) is 0 Å². The van der Waals surface area contributed by atoms with Crippen molar-refractivity contribution in [2.24, 2.45) is 0 Å². The van der Waals surface area contributed by atoms with Gasteiger partial charge >= 0.3 is 12.1 Å². The van der Waals surface area contributed by atoms with Crippen LogP contribution in [0.25, 0.3) is 0 Å². The molecule has 0 radical (unpaired) electrons. The van der Waals surface area contributed by atoms with Crippen LogP contribution in [0.5, 0.6) is 0 Å². The first-order chi connectivity index (χ1) is 8.33. The van der Waals surface area contributed by atoms with Crippen molar-refractivity contribution in [3.8, 4) is 0 Å². The highest BCUT2D eigenvalue weighted by molar-refractivity contribution is 5.83. The van der Waals surface area contributed by atoms with Crippen molar-refractivity contribution in [1.29, 1.82) is 0 Å². The van der Waals surface area contributed by atoms with E-state index in [-0.39, 0.29) is 5.82 Å². The van der Waals surface area contributed by atoms with Crippen LogP contribution in [0.4, 0.5) is 19.0 Å². The molecule has 0 bridgehead atoms. The van der Waals surface area contributed by atoms with E-state index in [0.29, 0.717) is 12.8 Å². The zero-order valence-corrected chi connectivity index (χ0v) is 9.16. The molecule has 0 spiro atoms. The number of carbonyl (C=O) groups is 1. The number of nitrogens with one attached hydrogen (secondary N) is 1. The Balaban J connectivity index is 2.14. The first-order valence-electron chi connectivity index (χ1n) is 5.26. The summed E-state index contributed by atoms with van der Waals surface area (Å²) in [7, 11) is 0. The number of alkyl halides is 3. The van der Waals surface area contributed by atoms with Gasteiger partial charge in [0.05, 0.1) is 0 Å². The normalized spacial score (nSPS) is 17.9. The number of aliphatic carboxylic acids is 1. The summed E-state index contributed by atoms with van der Waals surface area (Å²) >= 11 is 0. The topological polar surface area (TPSA) is 75.1 Å². The van der Waals surface area contributed by atoms with Gasteiger partial charge in [-0.15, -0.1) is 10.2 Å². The molecule has 0 atom stereocenters. The number of rotatable bonds is 3. The molecule has 18 heavy (non-hydrogen) atoms. The minimum atomic E-state index is -4.55. The quantitative estimate of drug-likeness (QED) is 0.869. The SMILES string of the molecule is O=C(O)C1(Nc2ccc(C(F)(F)F)nn2)CCC1. The van der Waals surface area contributed by atoms with Crippen molar-refractivity contribution in [1.82, 2.24) is 10.2 Å². The minimum Gasteiger partial charge on any atom is -0.480 e. The molecule has 1 saturated carbocycles. The monoisotopic (exact) mass is 261 g/mol. The van der Waals surface area contributed by atoms with Crippen molar-refractivity contribution in [2.45, 2.75) is 31.0 Å². The number of carboxylic acids is 1. The molecule has 2 rings (SSSR count). The van der Waals surface area contributed by atoms with Crippen LogP contribution in [0, 0.1) is 0 Å². The first kappa shape index (κ1) is 12.6. The van der Waals surface area contributed by atoms with Crippen LogP contribution in [-0.2, 0) is 11.0 Å². The van der Waals surface area contributed by atoms with Gasteiger partial charge in [-0.3, -0.25) is 0 Å². The van der Waals surface area contributed by atoms with Crippen molar-refractivity contribution in [2.75, 3.05) is 5.32 Å². The molecular formula is C10H10F3N3O2. The molecule has 1 aromatic rings. The predicted molar refractivity (Wildman–Crippen MR) is 54.9 cm³/mol. The highest BCUT2D eigenvalue weighted by Gasteiger charge is 2.45. The average Bonchev–Trinajstić information content (AvgIpc) is 2.22. The van der Waals surface area contributed by atoms with E-state index in [9.17, 15) is 18.0 Å². The predicted octanol–water partition coefficient (Wildman–Crippen LogP) is 1.91. The summed E-state index contributed by atoms with van der Waals surface area (Å²) in [4.78, 5) is 11.0. The Morgan fingerprint density at radius 3 is 2.33 bits per heavy atom. The van der Waals surface area contributed by atoms with E-state index in [4.69, 9.17) is 5.11 Å². The highest BCUT2D eigenvalue weighted by atomic mass is 19.4. The summed E-state index contributed by atoms with van der Waals surface area (Å²) in [6.07, 6.45) is -2.95. The molecule has 0 amide bonds. The molecule has 1 fully saturated rings. The summed E-state index contributed by atoms with van der Waals surface area (Å²) in [5, 5.41) is 18.0. The number of halogens is 3. The Hall–Kier alpha value is -1.86. The van der Waals surface area contributed by atoms with Crippen molar-refractivity contribution in [3.63, 3.8) is 0 Å². The summed E-state index contributed by atoms with van der Waals surface area (Å²) in [5.74, 6) is -0.999. The molecule has 0 saturated heterocycles. The molecule has 2 N–H and O–H groups in total. The van der Waals surface area contributed by atoms with E-state index in [0.717, 1.165) is 18.6 Å². The van der Waals surface area contributed by atoms with E-state index in [1.165, 1.54) is 0 Å². The first-order valence-corrected chi connectivity index (χ1v) is 5.26. The van der Waals surface area contributed by atoms with Gasteiger partial charge in [0.15, 0.2) is 5.69 Å². The highest BCUT2D eigenvalue weighted by Crippen LogP contribution is 2.35. The average molecular weight is 261 g/mol. The maximum atomic E-state index is 12.2. The molecule has 8 heteroatoms. The smallest absolute Gasteiger partial charge is 0.435 e. The van der Waals surface area contributed by atoms with Gasteiger partial charge in [0, 0.05) is 0 Å². The Bertz CT molecular complexity index is 454. The van der Waals surface area contributed by atoms with Gasteiger partial charge in [0.25, 0.3) is 0 Å². The molecule has 1 aliphatic carbocycles. The van der Waals surface area contributed by atoms with Gasteiger partial charge in [0.1, 0.15) is 11.4 Å². The van der Waals surface area contributed by atoms with Gasteiger partial charge < -0.3 is 10.4 Å². The molecule has 0 aliphatic heterocycles. The number of anilines is 1. The summed E-state index contributed by atoms with van der Waals surface area (Å²) < 4.78 is 36.7. The summed E-state index contributed by atoms with van der Waals surface area (Å²) in [6.45, 7) is 0. The third-order valence-electron chi connectivity index (χ3n) is 2.94. The fourth-order valence-corrected chi connectivity index (χ4v) is 1.72. The molecule has 1 aromatic heterocycles. The third kappa shape index (κ3) is 2.22. The Kier molecular flexibility index (Phi) is 2.88. The van der Waals surface area contributed by atoms with E-state index in [1.54, 1.807) is 0 Å². The van der Waals surface area contributed by atoms with E-state index in [2.05, 4.69) is 15.5 Å². The largest absolute Gasteiger partial charge is 0.480 e. The third-order valence-corrected chi connectivity index (χ3v) is 2.94. The Labute approximate surface area is 100 Å². The van der Waals surface area contributed by atoms with Crippen molar-refractivity contribution in [3.05, 3.63) is 17.8 Å². The fourth-order valence-electron chi connectivity index (χ4n) is 1.72. The number of hydrogen-bond acceptors (Lipinski definition) is 4. The van der Waals surface area contributed by atoms with Crippen molar-refractivity contribution < 1.29 is 23.1 Å². The molecular weight excluding hydrogens is 251 g/mol. The minimum absolute atomic E-state index is 0.0325. The second-order valence-corrected chi connectivity index (χ2v) is 4.17. The molecule has 1 aliphatic rings. The van der Waals surface area contributed by atoms with Gasteiger partial charge in [-0.2, -0.15) is 13.2 Å². The van der Waals surface area contributed by atoms with Crippen LogP contribution in [-0.4, -0.2) is 26.8 Å². The number of nitrogens with zero attached hydrogens (tertiary/aromatic N) is 2. The molecule has 0 unspecified atom stereocenters. The van der Waals surface area contributed by atoms with Crippen LogP contribution in [0.3, 0.4) is 0 Å². The zero-order chi connectivity index (χ0) is 13.4. The van der Waals surface area contributed by atoms with Crippen LogP contribution in [0.15, 0.2) is 12.1 Å². The second-order valence-electron chi connectivity index (χ2n) is 4.17. The zero-order valence-electron chi connectivity index (χ0n) is 9.16. The second kappa shape index (κ2) is 4.11. The molecule has 5 nitrogen and oxygen atoms in total. The number of aromatic nitrogens is 2. The van der Waals surface area contributed by atoms with Crippen LogP contribution in [0.1, 0.15) is 25.0 Å². The number of hydrogen-bond donors (Lipinski definition) is 2. The lowest BCUT2D eigenvalue weighted by molar-refractivity contribution is -0.145. The molecule has 0 aromatic carbocycles. The molecule has 1 heterocycles. The Morgan fingerprint density at radius 2 is 2.00 bits per heavy atom. The van der Waals surface area contributed by atoms with Crippen LogP contribution in [0.2, 0.25) is 0 Å². The van der Waals surface area contributed by atoms with Gasteiger partial charge in [-0.25, -0.2) is 4.79 Å². The van der Waals surface area contributed by atoms with Crippen molar-refractivity contribution >= 4 is 11.8 Å². The van der Waals surface area contributed by atoms with E-state index in [1.807, 2.05) is 0 Å². The standard InChI is InChI=1S/C10H10F3N3O2/c11-10(12,13)6-2-3-7(16-15-6)14-9(8(17)18)4-1-5-9/h2-3H,1,4-5H2,(H,14,16)(H,17,18). The van der Waals surface area contributed by atoms with Crippen LogP contribution < -0.4 is 5.32 Å². The summed E-state index contributed by atoms with van der Waals surface area (Å²) in [6, 6.07) is 1.85. The summed E-state index contributed by atoms with van der Waals surface area (Å²) in [5.41, 5.74) is -2.22. The van der Waals surface area contributed by atoms with E-state index < -0.39 is 23.4 Å². The fraction of sp³-hybridized carbons (Fsp3) is 0.500. The number of carboxylic acid groups (broad SMARTS) is 1. The van der Waals surface area contributed by atoms with Gasteiger partial charge in [-0.05, 0) is 31.4 Å². The van der Waals surface area contributed by atoms with Crippen LogP contribution >= 0.6 is 0 Å². The lowest BCUT2D eigenvalue weighted by Gasteiger charge is -2.38. The Morgan fingerprint density at radius 1 is 1.33 bits per heavy atom. The lowest BCUT2D eigenvalue weighted by atomic mass is 9.77. The molecule has 98 valence electrons. The van der Waals surface area contributed by atoms with E-state index >= 15 is 0 Å². The lowest BCUT2D eigenvalue weighted by Crippen LogP contribution is -2.52. The van der Waals surface area contributed by atoms with Gasteiger partial charge in [-0.1, -0.05) is 0 Å².